The van der Waals surface area contributed by atoms with E-state index in [1.54, 1.807) is 0 Å². The van der Waals surface area contributed by atoms with Gasteiger partial charge in [-0.05, 0) is 43.5 Å². The van der Waals surface area contributed by atoms with Gasteiger partial charge in [-0.15, -0.1) is 0 Å². The normalized spacial score (nSPS) is 12.0. The molecule has 0 aliphatic heterocycles. The molecule has 4 nitrogen and oxygen atoms in total. The molecule has 0 aliphatic carbocycles. The number of quaternary nitrogens is 1. The fourth-order valence-corrected chi connectivity index (χ4v) is 3.07. The third-order valence-electron chi connectivity index (χ3n) is 4.75. The van der Waals surface area contributed by atoms with Gasteiger partial charge in [-0.2, -0.15) is 0 Å². The van der Waals surface area contributed by atoms with Gasteiger partial charge in [0, 0.05) is 0 Å². The molecule has 1 N–H and O–H groups in total. The number of rotatable bonds is 11. The molecule has 2 aromatic carbocycles. The fourth-order valence-electron chi connectivity index (χ4n) is 3.07. The lowest BCUT2D eigenvalue weighted by Gasteiger charge is -2.19. The van der Waals surface area contributed by atoms with Crippen molar-refractivity contribution in [3.63, 3.8) is 0 Å². The average molecular weight is 371 g/mol. The van der Waals surface area contributed by atoms with Crippen LogP contribution in [0.2, 0.25) is 0 Å². The van der Waals surface area contributed by atoms with Gasteiger partial charge in [0.15, 0.2) is 0 Å². The molecule has 0 aliphatic rings. The van der Waals surface area contributed by atoms with Crippen molar-refractivity contribution in [1.82, 2.24) is 0 Å². The van der Waals surface area contributed by atoms with E-state index in [1.165, 1.54) is 4.90 Å². The maximum atomic E-state index is 12.9. The second kappa shape index (κ2) is 11.4. The van der Waals surface area contributed by atoms with Crippen LogP contribution in [0.15, 0.2) is 54.6 Å². The molecular formula is C23H32NO3+. The first kappa shape index (κ1) is 21.0. The lowest BCUT2D eigenvalue weighted by atomic mass is 9.91. The molecule has 146 valence electrons. The van der Waals surface area contributed by atoms with Gasteiger partial charge in [-0.25, -0.2) is 0 Å². The first-order valence-electron chi connectivity index (χ1n) is 9.97. The zero-order chi connectivity index (χ0) is 19.5. The summed E-state index contributed by atoms with van der Waals surface area (Å²) < 4.78 is 11.3. The predicted molar refractivity (Wildman–Crippen MR) is 108 cm³/mol. The summed E-state index contributed by atoms with van der Waals surface area (Å²) in [4.78, 5) is 14.3. The van der Waals surface area contributed by atoms with Crippen molar-refractivity contribution >= 4 is 5.97 Å². The zero-order valence-corrected chi connectivity index (χ0v) is 16.7. The van der Waals surface area contributed by atoms with Crippen LogP contribution in [0.25, 0.3) is 0 Å². The van der Waals surface area contributed by atoms with Crippen molar-refractivity contribution in [2.24, 2.45) is 0 Å². The average Bonchev–Trinajstić information content (AvgIpc) is 2.71. The van der Waals surface area contributed by atoms with E-state index in [1.807, 2.05) is 54.6 Å². The van der Waals surface area contributed by atoms with Crippen molar-refractivity contribution in [2.75, 3.05) is 32.8 Å². The Labute approximate surface area is 163 Å². The van der Waals surface area contributed by atoms with Gasteiger partial charge >= 0.3 is 5.97 Å². The maximum Gasteiger partial charge on any atom is 0.318 e. The van der Waals surface area contributed by atoms with Crippen LogP contribution in [0.3, 0.4) is 0 Å². The third-order valence-corrected chi connectivity index (χ3v) is 4.75. The van der Waals surface area contributed by atoms with Crippen molar-refractivity contribution < 1.29 is 19.2 Å². The number of esters is 1. The highest BCUT2D eigenvalue weighted by molar-refractivity contribution is 5.82. The molecule has 0 amide bonds. The fraction of sp³-hybridized carbons (Fsp3) is 0.435. The summed E-state index contributed by atoms with van der Waals surface area (Å²) in [5, 5.41) is 0. The Morgan fingerprint density at radius 2 is 1.52 bits per heavy atom. The van der Waals surface area contributed by atoms with E-state index >= 15 is 0 Å². The van der Waals surface area contributed by atoms with Crippen LogP contribution >= 0.6 is 0 Å². The second-order valence-electron chi connectivity index (χ2n) is 6.64. The summed E-state index contributed by atoms with van der Waals surface area (Å²) in [5.74, 6) is 0.207. The van der Waals surface area contributed by atoms with E-state index in [0.717, 1.165) is 42.9 Å². The SMILES string of the molecule is CCCOc1ccc([C@H](C(=O)OCC[NH+](CC)CC)c2ccccc2)cc1. The number of carbonyl (C=O) groups is 1. The number of ether oxygens (including phenoxy) is 2. The minimum Gasteiger partial charge on any atom is -0.494 e. The van der Waals surface area contributed by atoms with Gasteiger partial charge in [0.25, 0.3) is 0 Å². The summed E-state index contributed by atoms with van der Waals surface area (Å²) in [6.45, 7) is 10.4. The highest BCUT2D eigenvalue weighted by Crippen LogP contribution is 2.27. The number of benzene rings is 2. The second-order valence-corrected chi connectivity index (χ2v) is 6.64. The van der Waals surface area contributed by atoms with E-state index in [4.69, 9.17) is 9.47 Å². The molecule has 0 aromatic heterocycles. The van der Waals surface area contributed by atoms with Gasteiger partial charge in [0.1, 0.15) is 24.8 Å². The summed E-state index contributed by atoms with van der Waals surface area (Å²) in [7, 11) is 0. The Balaban J connectivity index is 2.13. The molecule has 27 heavy (non-hydrogen) atoms. The summed E-state index contributed by atoms with van der Waals surface area (Å²) in [6, 6.07) is 17.6. The van der Waals surface area contributed by atoms with Crippen LogP contribution in [0.1, 0.15) is 44.2 Å². The van der Waals surface area contributed by atoms with Gasteiger partial charge in [-0.3, -0.25) is 4.79 Å². The molecule has 0 unspecified atom stereocenters. The smallest absolute Gasteiger partial charge is 0.318 e. The summed E-state index contributed by atoms with van der Waals surface area (Å²) in [5.41, 5.74) is 1.87. The molecular weight excluding hydrogens is 338 g/mol. The van der Waals surface area contributed by atoms with Crippen molar-refractivity contribution in [3.05, 3.63) is 65.7 Å². The zero-order valence-electron chi connectivity index (χ0n) is 16.7. The minimum atomic E-state index is -0.418. The Morgan fingerprint density at radius 3 is 2.11 bits per heavy atom. The molecule has 0 fully saturated rings. The molecule has 0 saturated carbocycles. The number of hydrogen-bond donors (Lipinski definition) is 1. The highest BCUT2D eigenvalue weighted by Gasteiger charge is 2.24. The van der Waals surface area contributed by atoms with Crippen molar-refractivity contribution in [3.8, 4) is 5.75 Å². The van der Waals surface area contributed by atoms with Crippen molar-refractivity contribution in [2.45, 2.75) is 33.1 Å². The molecule has 2 aromatic rings. The molecule has 0 heterocycles. The van der Waals surface area contributed by atoms with E-state index in [9.17, 15) is 4.79 Å². The molecule has 1 atom stereocenters. The van der Waals surface area contributed by atoms with Gasteiger partial charge in [0.2, 0.25) is 0 Å². The van der Waals surface area contributed by atoms with E-state index in [-0.39, 0.29) is 5.97 Å². The van der Waals surface area contributed by atoms with Gasteiger partial charge < -0.3 is 14.4 Å². The largest absolute Gasteiger partial charge is 0.494 e. The molecule has 0 spiro atoms. The molecule has 0 radical (unpaired) electrons. The first-order valence-corrected chi connectivity index (χ1v) is 9.97. The maximum absolute atomic E-state index is 12.9. The first-order chi connectivity index (χ1) is 13.2. The molecule has 0 bridgehead atoms. The Morgan fingerprint density at radius 1 is 0.889 bits per heavy atom. The van der Waals surface area contributed by atoms with Crippen LogP contribution in [-0.2, 0) is 9.53 Å². The number of carbonyl (C=O) groups excluding carboxylic acids is 1. The van der Waals surface area contributed by atoms with Gasteiger partial charge in [-0.1, -0.05) is 49.4 Å². The van der Waals surface area contributed by atoms with E-state index < -0.39 is 5.92 Å². The van der Waals surface area contributed by atoms with Crippen LogP contribution in [0.4, 0.5) is 0 Å². The third kappa shape index (κ3) is 6.40. The Hall–Kier alpha value is -2.33. The number of likely N-dealkylation sites (N-methyl/N-ethyl adjacent to an activating group) is 1. The quantitative estimate of drug-likeness (QED) is 0.618. The van der Waals surface area contributed by atoms with E-state index in [2.05, 4.69) is 20.8 Å². The lowest BCUT2D eigenvalue weighted by molar-refractivity contribution is -0.896. The van der Waals surface area contributed by atoms with Crippen LogP contribution in [0, 0.1) is 0 Å². The number of nitrogens with one attached hydrogen (secondary N) is 1. The minimum absolute atomic E-state index is 0.199. The lowest BCUT2D eigenvalue weighted by Crippen LogP contribution is -3.11. The standard InChI is InChI=1S/C23H31NO3/c1-4-17-26-21-14-12-20(13-15-21)22(19-10-8-7-9-11-19)23(25)27-18-16-24(5-2)6-3/h7-15,22H,4-6,16-18H2,1-3H3/p+1/t22-/m1/s1. The highest BCUT2D eigenvalue weighted by atomic mass is 16.5. The van der Waals surface area contributed by atoms with Crippen LogP contribution in [-0.4, -0.2) is 38.8 Å². The van der Waals surface area contributed by atoms with Crippen LogP contribution < -0.4 is 9.64 Å². The molecule has 2 rings (SSSR count). The predicted octanol–water partition coefficient (Wildman–Crippen LogP) is 3.08. The topological polar surface area (TPSA) is 40.0 Å². The summed E-state index contributed by atoms with van der Waals surface area (Å²) >= 11 is 0. The molecule has 0 saturated heterocycles. The van der Waals surface area contributed by atoms with Crippen molar-refractivity contribution in [1.29, 1.82) is 0 Å². The number of hydrogen-bond acceptors (Lipinski definition) is 3. The van der Waals surface area contributed by atoms with E-state index in [0.29, 0.717) is 13.2 Å². The Kier molecular flexibility index (Phi) is 8.85. The Bertz CT molecular complexity index is 666. The van der Waals surface area contributed by atoms with Crippen LogP contribution in [0.5, 0.6) is 5.75 Å². The monoisotopic (exact) mass is 370 g/mol. The van der Waals surface area contributed by atoms with Gasteiger partial charge in [0.05, 0.1) is 19.7 Å². The molecule has 4 heteroatoms. The summed E-state index contributed by atoms with van der Waals surface area (Å²) in [6.07, 6.45) is 0.968.